The molecule has 0 N–H and O–H groups in total. The minimum atomic E-state index is -0.0114. The highest BCUT2D eigenvalue weighted by Crippen LogP contribution is 2.37. The molecule has 0 aliphatic heterocycles. The Kier molecular flexibility index (Phi) is 1.77. The van der Waals surface area contributed by atoms with Gasteiger partial charge in [0.2, 0.25) is 6.29 Å². The summed E-state index contributed by atoms with van der Waals surface area (Å²) in [4.78, 5) is 22.9. The monoisotopic (exact) mass is 207 g/mol. The fourth-order valence-corrected chi connectivity index (χ4v) is 2.16. The van der Waals surface area contributed by atoms with Gasteiger partial charge in [-0.15, -0.1) is 0 Å². The van der Waals surface area contributed by atoms with Crippen LogP contribution in [-0.4, -0.2) is 12.1 Å². The molecule has 0 heterocycles. The molecule has 2 aromatic carbocycles. The first-order valence-electron chi connectivity index (χ1n) is 4.98. The maximum absolute atomic E-state index is 12.0. The molecule has 0 atom stereocenters. The fourth-order valence-electron chi connectivity index (χ4n) is 2.16. The Bertz CT molecular complexity index is 612. The van der Waals surface area contributed by atoms with E-state index in [-0.39, 0.29) is 5.78 Å². The Morgan fingerprint density at radius 3 is 2.25 bits per heavy atom. The van der Waals surface area contributed by atoms with Gasteiger partial charge in [-0.2, -0.15) is 0 Å². The summed E-state index contributed by atoms with van der Waals surface area (Å²) in [5, 5.41) is 0. The van der Waals surface area contributed by atoms with Crippen LogP contribution in [-0.2, 0) is 4.79 Å². The highest BCUT2D eigenvalue weighted by atomic mass is 16.1. The Morgan fingerprint density at radius 1 is 0.812 bits per heavy atom. The quantitative estimate of drug-likeness (QED) is 0.613. The minimum absolute atomic E-state index is 0.0114. The number of fused-ring (bicyclic) bond motifs is 3. The van der Waals surface area contributed by atoms with E-state index in [0.29, 0.717) is 16.7 Å². The third kappa shape index (κ3) is 1.01. The Hall–Kier alpha value is -2.22. The smallest absolute Gasteiger partial charge is 0.234 e. The zero-order valence-electron chi connectivity index (χ0n) is 8.36. The van der Waals surface area contributed by atoms with Gasteiger partial charge in [-0.05, 0) is 5.56 Å². The summed E-state index contributed by atoms with van der Waals surface area (Å²) in [6, 6.07) is 12.5. The van der Waals surface area contributed by atoms with Crippen molar-refractivity contribution in [2.45, 2.75) is 0 Å². The lowest BCUT2D eigenvalue weighted by Crippen LogP contribution is -1.95. The van der Waals surface area contributed by atoms with Gasteiger partial charge in [0, 0.05) is 22.3 Å². The predicted molar refractivity (Wildman–Crippen MR) is 60.1 cm³/mol. The van der Waals surface area contributed by atoms with Gasteiger partial charge in [-0.25, -0.2) is 0 Å². The van der Waals surface area contributed by atoms with Crippen LogP contribution in [0.1, 0.15) is 21.5 Å². The highest BCUT2D eigenvalue weighted by molar-refractivity contribution is 6.23. The van der Waals surface area contributed by atoms with Gasteiger partial charge in [-0.3, -0.25) is 9.59 Å². The van der Waals surface area contributed by atoms with Crippen LogP contribution in [0.5, 0.6) is 0 Å². The van der Waals surface area contributed by atoms with E-state index in [1.54, 1.807) is 24.3 Å². The largest absolute Gasteiger partial charge is 0.289 e. The van der Waals surface area contributed by atoms with Crippen molar-refractivity contribution in [1.82, 2.24) is 0 Å². The summed E-state index contributed by atoms with van der Waals surface area (Å²) in [6.07, 6.45) is 1.89. The third-order valence-electron chi connectivity index (χ3n) is 2.86. The fraction of sp³-hybridized carbons (Fsp3) is 0. The normalized spacial score (nSPS) is 12.1. The molecular weight excluding hydrogens is 200 g/mol. The van der Waals surface area contributed by atoms with E-state index in [0.717, 1.165) is 11.1 Å². The van der Waals surface area contributed by atoms with Crippen LogP contribution in [0.3, 0.4) is 0 Å². The van der Waals surface area contributed by atoms with Crippen LogP contribution in [0.25, 0.3) is 11.1 Å². The molecule has 0 unspecified atom stereocenters. The maximum Gasteiger partial charge on any atom is 0.234 e. The SMILES string of the molecule is O=[C]c1cccc2c1-c1ccccc1C2=O. The zero-order valence-corrected chi connectivity index (χ0v) is 8.36. The van der Waals surface area contributed by atoms with E-state index in [1.165, 1.54) is 0 Å². The molecule has 2 aromatic rings. The van der Waals surface area contributed by atoms with Gasteiger partial charge in [0.1, 0.15) is 0 Å². The molecule has 1 radical (unpaired) electrons. The Morgan fingerprint density at radius 2 is 1.50 bits per heavy atom. The van der Waals surface area contributed by atoms with Gasteiger partial charge in [0.25, 0.3) is 0 Å². The molecule has 3 rings (SSSR count). The van der Waals surface area contributed by atoms with Crippen molar-refractivity contribution < 1.29 is 9.59 Å². The predicted octanol–water partition coefficient (Wildman–Crippen LogP) is 2.36. The number of ketones is 1. The Labute approximate surface area is 92.5 Å². The zero-order chi connectivity index (χ0) is 11.1. The van der Waals surface area contributed by atoms with Crippen molar-refractivity contribution in [3.05, 3.63) is 59.2 Å². The van der Waals surface area contributed by atoms with Crippen LogP contribution in [0.2, 0.25) is 0 Å². The first-order chi connectivity index (χ1) is 7.83. The van der Waals surface area contributed by atoms with Gasteiger partial charge in [-0.1, -0.05) is 42.5 Å². The van der Waals surface area contributed by atoms with E-state index in [4.69, 9.17) is 0 Å². The molecule has 2 heteroatoms. The van der Waals surface area contributed by atoms with E-state index >= 15 is 0 Å². The van der Waals surface area contributed by atoms with E-state index in [1.807, 2.05) is 24.5 Å². The van der Waals surface area contributed by atoms with Crippen LogP contribution < -0.4 is 0 Å². The molecule has 16 heavy (non-hydrogen) atoms. The molecular formula is C14H7O2. The number of benzene rings is 2. The molecule has 2 nitrogen and oxygen atoms in total. The van der Waals surface area contributed by atoms with Crippen molar-refractivity contribution in [2.24, 2.45) is 0 Å². The second kappa shape index (κ2) is 3.14. The molecule has 0 saturated heterocycles. The lowest BCUT2D eigenvalue weighted by Gasteiger charge is -2.01. The summed E-state index contributed by atoms with van der Waals surface area (Å²) in [6.45, 7) is 0. The number of rotatable bonds is 1. The number of carbonyl (C=O) groups excluding carboxylic acids is 2. The van der Waals surface area contributed by atoms with Crippen LogP contribution >= 0.6 is 0 Å². The summed E-state index contributed by atoms with van der Waals surface area (Å²) in [5.74, 6) is -0.0114. The van der Waals surface area contributed by atoms with Crippen LogP contribution in [0.15, 0.2) is 42.5 Å². The lowest BCUT2D eigenvalue weighted by molar-refractivity contribution is 0.104. The molecule has 0 fully saturated rings. The summed E-state index contributed by atoms with van der Waals surface area (Å²) < 4.78 is 0. The molecule has 0 aromatic heterocycles. The third-order valence-corrected chi connectivity index (χ3v) is 2.86. The number of hydrogen-bond donors (Lipinski definition) is 0. The van der Waals surface area contributed by atoms with Gasteiger partial charge >= 0.3 is 0 Å². The van der Waals surface area contributed by atoms with Gasteiger partial charge in [0.15, 0.2) is 5.78 Å². The Balaban J connectivity index is 2.44. The van der Waals surface area contributed by atoms with Crippen LogP contribution in [0.4, 0.5) is 0 Å². The van der Waals surface area contributed by atoms with Gasteiger partial charge < -0.3 is 0 Å². The number of carbonyl (C=O) groups is 1. The molecule has 0 saturated carbocycles. The lowest BCUT2D eigenvalue weighted by atomic mass is 10.0. The molecule has 0 bridgehead atoms. The van der Waals surface area contributed by atoms with Gasteiger partial charge in [0.05, 0.1) is 0 Å². The van der Waals surface area contributed by atoms with Crippen LogP contribution in [0, 0.1) is 0 Å². The average Bonchev–Trinajstić information content (AvgIpc) is 2.64. The van der Waals surface area contributed by atoms with Crippen molar-refractivity contribution in [3.63, 3.8) is 0 Å². The highest BCUT2D eigenvalue weighted by Gasteiger charge is 2.27. The first kappa shape index (κ1) is 9.04. The van der Waals surface area contributed by atoms with Crippen molar-refractivity contribution >= 4 is 12.1 Å². The summed E-state index contributed by atoms with van der Waals surface area (Å²) >= 11 is 0. The second-order valence-corrected chi connectivity index (χ2v) is 3.70. The minimum Gasteiger partial charge on any atom is -0.289 e. The standard InChI is InChI=1S/C14H7O2/c15-8-9-4-3-7-12-13(9)10-5-1-2-6-11(10)14(12)16/h1-7H. The maximum atomic E-state index is 12.0. The van der Waals surface area contributed by atoms with Crippen molar-refractivity contribution in [3.8, 4) is 11.1 Å². The van der Waals surface area contributed by atoms with E-state index in [2.05, 4.69) is 0 Å². The summed E-state index contributed by atoms with van der Waals surface area (Å²) in [5.41, 5.74) is 3.28. The second-order valence-electron chi connectivity index (χ2n) is 3.70. The first-order valence-corrected chi connectivity index (χ1v) is 4.98. The molecule has 0 amide bonds. The number of hydrogen-bond acceptors (Lipinski definition) is 2. The average molecular weight is 207 g/mol. The van der Waals surface area contributed by atoms with Crippen molar-refractivity contribution in [2.75, 3.05) is 0 Å². The molecule has 1 aliphatic rings. The summed E-state index contributed by atoms with van der Waals surface area (Å²) in [7, 11) is 0. The topological polar surface area (TPSA) is 34.1 Å². The van der Waals surface area contributed by atoms with E-state index in [9.17, 15) is 9.59 Å². The molecule has 75 valence electrons. The van der Waals surface area contributed by atoms with E-state index < -0.39 is 0 Å². The molecule has 1 aliphatic carbocycles. The van der Waals surface area contributed by atoms with Crippen molar-refractivity contribution in [1.29, 1.82) is 0 Å². The molecule has 0 spiro atoms.